The summed E-state index contributed by atoms with van der Waals surface area (Å²) >= 11 is 0. The van der Waals surface area contributed by atoms with Gasteiger partial charge in [-0.15, -0.1) is 0 Å². The molecule has 6 rings (SSSR count). The van der Waals surface area contributed by atoms with Gasteiger partial charge in [-0.3, -0.25) is 19.6 Å². The second-order valence-corrected chi connectivity index (χ2v) is 15.4. The van der Waals surface area contributed by atoms with Crippen molar-refractivity contribution in [1.82, 2.24) is 38.7 Å². The standard InChI is InChI=1S/2C18H28N4O2.3C4H4O4/c2*1-2-24-14-12-22-17-6-4-3-5-16(17)19-18(22)15-21-9-7-20(8-10-21)11-13-23;3*5-3(6)1-2-4(7)8/h2*3-6,23H,2,7-15H2,1H3;3*1-2H,(H,5,6)(H,7,8)/b;;3*2-1+. The number of β-amino-alcohol motifs (C(OH)–C–C–N with tert-alkyl or cyclic N) is 2. The van der Waals surface area contributed by atoms with Crippen molar-refractivity contribution in [2.45, 2.75) is 40.0 Å². The third-order valence-corrected chi connectivity index (χ3v) is 10.4. The number of aliphatic hydroxyl groups excluding tert-OH is 2. The SMILES string of the molecule is CCOCCn1c(CN2CCN(CCO)CC2)nc2ccccc21.CCOCCn1c(CN2CCN(CCO)CC2)nc2ccccc21.O=C(O)/C=C/C(=O)O.O=C(O)/C=C/C(=O)O.O=C(O)/C=C/C(=O)O. The molecule has 8 N–H and O–H groups in total. The number of imidazole rings is 2. The zero-order chi connectivity index (χ0) is 53.3. The summed E-state index contributed by atoms with van der Waals surface area (Å²) in [6.45, 7) is 20.6. The molecular formula is C48H68N8O16. The number of piperazine rings is 2. The van der Waals surface area contributed by atoms with Gasteiger partial charge >= 0.3 is 35.8 Å². The quantitative estimate of drug-likeness (QED) is 0.0408. The molecule has 4 heterocycles. The maximum Gasteiger partial charge on any atom is 0.328 e. The van der Waals surface area contributed by atoms with Crippen LogP contribution in [0.1, 0.15) is 25.5 Å². The van der Waals surface area contributed by atoms with Gasteiger partial charge in [0.1, 0.15) is 11.6 Å². The van der Waals surface area contributed by atoms with Crippen LogP contribution in [0.4, 0.5) is 0 Å². The van der Waals surface area contributed by atoms with Gasteiger partial charge in [-0.2, -0.15) is 0 Å². The topological polar surface area (TPSA) is 331 Å². The number of carbonyl (C=O) groups is 6. The van der Waals surface area contributed by atoms with Crippen LogP contribution < -0.4 is 0 Å². The van der Waals surface area contributed by atoms with E-state index in [0.29, 0.717) is 49.7 Å². The predicted molar refractivity (Wildman–Crippen MR) is 263 cm³/mol. The second kappa shape index (κ2) is 35.2. The number of aromatic nitrogens is 4. The van der Waals surface area contributed by atoms with Crippen molar-refractivity contribution < 1.29 is 79.1 Å². The van der Waals surface area contributed by atoms with Crippen molar-refractivity contribution in [2.24, 2.45) is 0 Å². The van der Waals surface area contributed by atoms with Gasteiger partial charge in [-0.05, 0) is 38.1 Å². The molecule has 72 heavy (non-hydrogen) atoms. The van der Waals surface area contributed by atoms with Crippen LogP contribution >= 0.6 is 0 Å². The molecule has 0 saturated carbocycles. The van der Waals surface area contributed by atoms with E-state index in [9.17, 15) is 28.8 Å². The van der Waals surface area contributed by atoms with E-state index in [1.807, 2.05) is 26.0 Å². The summed E-state index contributed by atoms with van der Waals surface area (Å²) in [5, 5.41) is 65.0. The Kier molecular flexibility index (Phi) is 30.0. The van der Waals surface area contributed by atoms with Crippen LogP contribution in [0.2, 0.25) is 0 Å². The van der Waals surface area contributed by atoms with Crippen LogP contribution in [0.25, 0.3) is 22.1 Å². The number of ether oxygens (including phenoxy) is 2. The first-order valence-corrected chi connectivity index (χ1v) is 23.1. The Balaban J connectivity index is 0.000000343. The highest BCUT2D eigenvalue weighted by Gasteiger charge is 2.21. The lowest BCUT2D eigenvalue weighted by molar-refractivity contribution is -0.134. The van der Waals surface area contributed by atoms with Crippen LogP contribution in [0.3, 0.4) is 0 Å². The van der Waals surface area contributed by atoms with Crippen molar-refractivity contribution >= 4 is 57.9 Å². The first-order valence-electron chi connectivity index (χ1n) is 23.1. The Labute approximate surface area is 416 Å². The number of carboxylic acid groups (broad SMARTS) is 6. The van der Waals surface area contributed by atoms with Gasteiger partial charge in [0.05, 0.1) is 61.6 Å². The third-order valence-electron chi connectivity index (χ3n) is 10.4. The van der Waals surface area contributed by atoms with Crippen LogP contribution in [-0.4, -0.2) is 220 Å². The zero-order valence-corrected chi connectivity index (χ0v) is 40.6. The Morgan fingerprint density at radius 2 is 0.736 bits per heavy atom. The number of fused-ring (bicyclic) bond motifs is 2. The molecule has 396 valence electrons. The van der Waals surface area contributed by atoms with Crippen LogP contribution in [0, 0.1) is 0 Å². The highest BCUT2D eigenvalue weighted by atomic mass is 16.5. The van der Waals surface area contributed by atoms with Crippen molar-refractivity contribution in [3.63, 3.8) is 0 Å². The zero-order valence-electron chi connectivity index (χ0n) is 40.6. The second-order valence-electron chi connectivity index (χ2n) is 15.4. The lowest BCUT2D eigenvalue weighted by atomic mass is 10.3. The molecule has 0 aliphatic carbocycles. The van der Waals surface area contributed by atoms with Gasteiger partial charge in [0, 0.05) is 128 Å². The number of aliphatic carboxylic acids is 6. The number of nitrogens with zero attached hydrogens (tertiary/aromatic N) is 8. The summed E-state index contributed by atoms with van der Waals surface area (Å²) in [7, 11) is 0. The van der Waals surface area contributed by atoms with E-state index in [4.69, 9.17) is 60.3 Å². The summed E-state index contributed by atoms with van der Waals surface area (Å²) in [5.41, 5.74) is 4.49. The fourth-order valence-corrected chi connectivity index (χ4v) is 7.04. The molecule has 0 radical (unpaired) electrons. The van der Waals surface area contributed by atoms with Gasteiger partial charge in [0.25, 0.3) is 0 Å². The molecular weight excluding hydrogens is 945 g/mol. The highest BCUT2D eigenvalue weighted by molar-refractivity contribution is 5.90. The molecule has 2 aliphatic rings. The van der Waals surface area contributed by atoms with Gasteiger partial charge in [-0.1, -0.05) is 24.3 Å². The Bertz CT molecular complexity index is 2130. The van der Waals surface area contributed by atoms with Crippen LogP contribution in [0.5, 0.6) is 0 Å². The number of hydrogen-bond acceptors (Lipinski definition) is 16. The molecule has 0 unspecified atom stereocenters. The fraction of sp³-hybridized carbons (Fsp3) is 0.458. The normalized spacial score (nSPS) is 14.4. The van der Waals surface area contributed by atoms with E-state index < -0.39 is 35.8 Å². The molecule has 2 aliphatic heterocycles. The Morgan fingerprint density at radius 3 is 1.00 bits per heavy atom. The number of rotatable bonds is 22. The van der Waals surface area contributed by atoms with E-state index >= 15 is 0 Å². The minimum absolute atomic E-state index is 0.243. The summed E-state index contributed by atoms with van der Waals surface area (Å²) in [5.74, 6) is -5.31. The van der Waals surface area contributed by atoms with Crippen LogP contribution in [-0.2, 0) is 64.4 Å². The number of benzene rings is 2. The average molecular weight is 1010 g/mol. The smallest absolute Gasteiger partial charge is 0.328 e. The molecule has 2 fully saturated rings. The summed E-state index contributed by atoms with van der Waals surface area (Å²) in [4.78, 5) is 76.6. The number of hydrogen-bond donors (Lipinski definition) is 8. The average Bonchev–Trinajstić information content (AvgIpc) is 3.88. The Hall–Kier alpha value is -6.90. The third kappa shape index (κ3) is 25.3. The predicted octanol–water partition coefficient (Wildman–Crippen LogP) is 1.50. The first kappa shape index (κ1) is 61.2. The van der Waals surface area contributed by atoms with Crippen LogP contribution in [0.15, 0.2) is 85.0 Å². The summed E-state index contributed by atoms with van der Waals surface area (Å²) < 4.78 is 15.7. The maximum absolute atomic E-state index is 9.55. The Morgan fingerprint density at radius 1 is 0.458 bits per heavy atom. The van der Waals surface area contributed by atoms with Gasteiger partial charge in [0.2, 0.25) is 0 Å². The van der Waals surface area contributed by atoms with Gasteiger partial charge in [-0.25, -0.2) is 38.7 Å². The van der Waals surface area contributed by atoms with Gasteiger partial charge < -0.3 is 59.5 Å². The lowest BCUT2D eigenvalue weighted by Gasteiger charge is -2.34. The molecule has 0 amide bonds. The molecule has 4 aromatic rings. The molecule has 24 heteroatoms. The van der Waals surface area contributed by atoms with E-state index in [2.05, 4.69) is 65.1 Å². The molecule has 0 atom stereocenters. The summed E-state index contributed by atoms with van der Waals surface area (Å²) in [6.07, 6.45) is 3.35. The molecule has 0 bridgehead atoms. The molecule has 0 spiro atoms. The molecule has 2 saturated heterocycles. The minimum atomic E-state index is -1.26. The highest BCUT2D eigenvalue weighted by Crippen LogP contribution is 2.20. The van der Waals surface area contributed by atoms with E-state index in [1.54, 1.807) is 0 Å². The lowest BCUT2D eigenvalue weighted by Crippen LogP contribution is -2.46. The maximum atomic E-state index is 9.55. The number of carboxylic acids is 6. The molecule has 24 nitrogen and oxygen atoms in total. The van der Waals surface area contributed by atoms with Crippen molar-refractivity contribution in [2.75, 3.05) is 105 Å². The van der Waals surface area contributed by atoms with E-state index in [0.717, 1.165) is 128 Å². The van der Waals surface area contributed by atoms with E-state index in [1.165, 1.54) is 11.0 Å². The largest absolute Gasteiger partial charge is 0.478 e. The van der Waals surface area contributed by atoms with Crippen molar-refractivity contribution in [3.8, 4) is 0 Å². The number of para-hydroxylation sites is 4. The minimum Gasteiger partial charge on any atom is -0.478 e. The monoisotopic (exact) mass is 1010 g/mol. The number of aliphatic hydroxyl groups is 2. The fourth-order valence-electron chi connectivity index (χ4n) is 7.04. The molecule has 2 aromatic carbocycles. The van der Waals surface area contributed by atoms with Crippen molar-refractivity contribution in [3.05, 3.63) is 96.6 Å². The molecule has 2 aromatic heterocycles. The summed E-state index contributed by atoms with van der Waals surface area (Å²) in [6, 6.07) is 16.6. The van der Waals surface area contributed by atoms with Gasteiger partial charge in [0.15, 0.2) is 0 Å². The first-order chi connectivity index (χ1) is 34.5. The van der Waals surface area contributed by atoms with E-state index in [-0.39, 0.29) is 13.2 Å². The van der Waals surface area contributed by atoms with Crippen molar-refractivity contribution in [1.29, 1.82) is 0 Å².